The fourth-order valence-corrected chi connectivity index (χ4v) is 1.86. The first-order valence-electron chi connectivity index (χ1n) is 2.88. The van der Waals surface area contributed by atoms with E-state index in [9.17, 15) is 13.6 Å². The van der Waals surface area contributed by atoms with Crippen LogP contribution < -0.4 is 5.43 Å². The van der Waals surface area contributed by atoms with E-state index in [-0.39, 0.29) is 8.85 Å². The summed E-state index contributed by atoms with van der Waals surface area (Å²) in [6, 6.07) is 0.936. The number of aromatic amines is 1. The summed E-state index contributed by atoms with van der Waals surface area (Å²) < 4.78 is 24.4. The molecule has 0 saturated carbocycles. The van der Waals surface area contributed by atoms with Gasteiger partial charge in [0.25, 0.3) is 6.43 Å². The van der Waals surface area contributed by atoms with Crippen LogP contribution in [0.4, 0.5) is 8.78 Å². The van der Waals surface area contributed by atoms with Gasteiger partial charge in [0, 0.05) is 6.07 Å². The first-order chi connectivity index (χ1) is 5.52. The summed E-state index contributed by atoms with van der Waals surface area (Å²) in [6.45, 7) is 0. The maximum absolute atomic E-state index is 12.2. The average molecular weight is 305 g/mol. The molecule has 6 heteroatoms. The van der Waals surface area contributed by atoms with Crippen molar-refractivity contribution in [1.29, 1.82) is 0 Å². The summed E-state index contributed by atoms with van der Waals surface area (Å²) in [5.41, 5.74) is -1.27. The third-order valence-electron chi connectivity index (χ3n) is 1.21. The summed E-state index contributed by atoms with van der Waals surface area (Å²) in [7, 11) is 0. The quantitative estimate of drug-likeness (QED) is 0.628. The van der Waals surface area contributed by atoms with E-state index in [0.717, 1.165) is 6.07 Å². The van der Waals surface area contributed by atoms with Crippen molar-refractivity contribution in [2.75, 3.05) is 0 Å². The van der Waals surface area contributed by atoms with E-state index in [1.807, 2.05) is 0 Å². The second kappa shape index (κ2) is 3.69. The van der Waals surface area contributed by atoms with E-state index >= 15 is 0 Å². The van der Waals surface area contributed by atoms with Crippen molar-refractivity contribution in [2.45, 2.75) is 6.43 Å². The predicted molar refractivity (Wildman–Crippen MR) is 49.7 cm³/mol. The van der Waals surface area contributed by atoms with Gasteiger partial charge in [-0.05, 0) is 22.6 Å². The molecular weight excluding hydrogens is 302 g/mol. The minimum absolute atomic E-state index is 0.0637. The lowest BCUT2D eigenvalue weighted by molar-refractivity contribution is 0.148. The second-order valence-electron chi connectivity index (χ2n) is 2.01. The zero-order valence-electron chi connectivity index (χ0n) is 5.57. The summed E-state index contributed by atoms with van der Waals surface area (Å²) in [5, 5.41) is 0.0637. The third kappa shape index (κ3) is 1.95. The van der Waals surface area contributed by atoms with Gasteiger partial charge in [0.05, 0.1) is 9.26 Å². The van der Waals surface area contributed by atoms with Crippen LogP contribution in [-0.4, -0.2) is 4.98 Å². The van der Waals surface area contributed by atoms with Crippen molar-refractivity contribution < 1.29 is 8.78 Å². The van der Waals surface area contributed by atoms with Gasteiger partial charge in [-0.1, -0.05) is 11.6 Å². The van der Waals surface area contributed by atoms with E-state index in [0.29, 0.717) is 0 Å². The molecule has 12 heavy (non-hydrogen) atoms. The first-order valence-corrected chi connectivity index (χ1v) is 4.34. The highest BCUT2D eigenvalue weighted by Crippen LogP contribution is 2.20. The molecule has 0 radical (unpaired) electrons. The van der Waals surface area contributed by atoms with Gasteiger partial charge in [-0.15, -0.1) is 0 Å². The van der Waals surface area contributed by atoms with Gasteiger partial charge in [0.15, 0.2) is 5.43 Å². The van der Waals surface area contributed by atoms with Crippen LogP contribution in [0.1, 0.15) is 12.0 Å². The SMILES string of the molecule is O=c1cc(Cl)[nH]c(I)c1C(F)F. The first kappa shape index (κ1) is 9.91. The number of hydrogen-bond donors (Lipinski definition) is 1. The molecule has 0 atom stereocenters. The Labute approximate surface area is 85.1 Å². The minimum atomic E-state index is -2.77. The van der Waals surface area contributed by atoms with Crippen molar-refractivity contribution in [1.82, 2.24) is 4.98 Å². The molecule has 1 N–H and O–H groups in total. The van der Waals surface area contributed by atoms with E-state index in [4.69, 9.17) is 11.6 Å². The van der Waals surface area contributed by atoms with E-state index in [2.05, 4.69) is 4.98 Å². The Balaban J connectivity index is 3.39. The van der Waals surface area contributed by atoms with Crippen LogP contribution in [0.2, 0.25) is 5.15 Å². The Hall–Kier alpha value is -0.170. The van der Waals surface area contributed by atoms with Gasteiger partial charge in [0.2, 0.25) is 0 Å². The molecule has 0 aromatic carbocycles. The van der Waals surface area contributed by atoms with Crippen molar-refractivity contribution in [3.8, 4) is 0 Å². The molecule has 2 nitrogen and oxygen atoms in total. The number of pyridine rings is 1. The smallest absolute Gasteiger partial charge is 0.270 e. The average Bonchev–Trinajstić information content (AvgIpc) is 1.82. The molecule has 1 aromatic rings. The molecule has 0 unspecified atom stereocenters. The van der Waals surface area contributed by atoms with Gasteiger partial charge in [-0.2, -0.15) is 0 Å². The summed E-state index contributed by atoms with van der Waals surface area (Å²) in [4.78, 5) is 13.3. The molecule has 0 aliphatic carbocycles. The second-order valence-corrected chi connectivity index (χ2v) is 3.50. The van der Waals surface area contributed by atoms with E-state index < -0.39 is 17.4 Å². The molecule has 0 aliphatic heterocycles. The molecule has 0 bridgehead atoms. The van der Waals surface area contributed by atoms with Crippen molar-refractivity contribution >= 4 is 34.2 Å². The van der Waals surface area contributed by atoms with Gasteiger partial charge in [0.1, 0.15) is 5.15 Å². The number of halogens is 4. The van der Waals surface area contributed by atoms with Gasteiger partial charge in [-0.25, -0.2) is 8.78 Å². The zero-order chi connectivity index (χ0) is 9.30. The van der Waals surface area contributed by atoms with E-state index in [1.165, 1.54) is 0 Å². The highest BCUT2D eigenvalue weighted by molar-refractivity contribution is 14.1. The van der Waals surface area contributed by atoms with Gasteiger partial charge >= 0.3 is 0 Å². The highest BCUT2D eigenvalue weighted by atomic mass is 127. The number of aromatic nitrogens is 1. The predicted octanol–water partition coefficient (Wildman–Crippen LogP) is 2.57. The third-order valence-corrected chi connectivity index (χ3v) is 2.26. The Morgan fingerprint density at radius 1 is 1.58 bits per heavy atom. The number of rotatable bonds is 1. The molecule has 0 fully saturated rings. The summed E-state index contributed by atoms with van der Waals surface area (Å²) in [6.07, 6.45) is -2.77. The Morgan fingerprint density at radius 2 is 2.17 bits per heavy atom. The van der Waals surface area contributed by atoms with Crippen LogP contribution in [-0.2, 0) is 0 Å². The molecule has 0 aliphatic rings. The number of nitrogens with one attached hydrogen (secondary N) is 1. The van der Waals surface area contributed by atoms with Crippen LogP contribution in [0.15, 0.2) is 10.9 Å². The molecule has 0 saturated heterocycles. The monoisotopic (exact) mass is 305 g/mol. The largest absolute Gasteiger partial charge is 0.340 e. The Bertz CT molecular complexity index is 352. The Morgan fingerprint density at radius 3 is 2.58 bits per heavy atom. The van der Waals surface area contributed by atoms with Crippen LogP contribution in [0.25, 0.3) is 0 Å². The number of hydrogen-bond acceptors (Lipinski definition) is 1. The fourth-order valence-electron chi connectivity index (χ4n) is 0.713. The van der Waals surface area contributed by atoms with Crippen LogP contribution in [0.5, 0.6) is 0 Å². The summed E-state index contributed by atoms with van der Waals surface area (Å²) in [5.74, 6) is 0. The topological polar surface area (TPSA) is 32.9 Å². The highest BCUT2D eigenvalue weighted by Gasteiger charge is 2.16. The van der Waals surface area contributed by atoms with E-state index in [1.54, 1.807) is 22.6 Å². The molecule has 1 rings (SSSR count). The lowest BCUT2D eigenvalue weighted by atomic mass is 10.3. The van der Waals surface area contributed by atoms with Crippen molar-refractivity contribution in [3.05, 3.63) is 30.7 Å². The maximum Gasteiger partial charge on any atom is 0.270 e. The standard InChI is InChI=1S/C6H3ClF2INO/c7-3-1-2(12)4(5(8)9)6(10)11-3/h1,5H,(H,11,12). The molecule has 1 heterocycles. The Kier molecular flexibility index (Phi) is 3.05. The lowest BCUT2D eigenvalue weighted by Crippen LogP contribution is -2.11. The van der Waals surface area contributed by atoms with Crippen molar-refractivity contribution in [3.63, 3.8) is 0 Å². The fraction of sp³-hybridized carbons (Fsp3) is 0.167. The normalized spacial score (nSPS) is 10.8. The van der Waals surface area contributed by atoms with Gasteiger partial charge in [-0.3, -0.25) is 4.79 Å². The van der Waals surface area contributed by atoms with Crippen LogP contribution >= 0.6 is 34.2 Å². The zero-order valence-corrected chi connectivity index (χ0v) is 8.49. The van der Waals surface area contributed by atoms with Gasteiger partial charge < -0.3 is 4.98 Å². The van der Waals surface area contributed by atoms with Crippen molar-refractivity contribution in [2.24, 2.45) is 0 Å². The lowest BCUT2D eigenvalue weighted by Gasteiger charge is -2.01. The molecular formula is C6H3ClF2INO. The molecule has 66 valence electrons. The summed E-state index contributed by atoms with van der Waals surface area (Å²) >= 11 is 7.03. The van der Waals surface area contributed by atoms with Crippen LogP contribution in [0, 0.1) is 3.70 Å². The minimum Gasteiger partial charge on any atom is -0.340 e. The number of H-pyrrole nitrogens is 1. The maximum atomic E-state index is 12.2. The van der Waals surface area contributed by atoms with Crippen LogP contribution in [0.3, 0.4) is 0 Å². The molecule has 1 aromatic heterocycles. The molecule has 0 amide bonds. The molecule has 0 spiro atoms. The number of alkyl halides is 2.